The van der Waals surface area contributed by atoms with Gasteiger partial charge in [0.15, 0.2) is 0 Å². The van der Waals surface area contributed by atoms with Crippen LogP contribution in [-0.4, -0.2) is 14.7 Å². The Kier molecular flexibility index (Phi) is 31.8. The van der Waals surface area contributed by atoms with Crippen molar-refractivity contribution >= 4 is 17.9 Å². The molecule has 0 spiro atoms. The molecule has 0 aliphatic heterocycles. The predicted molar refractivity (Wildman–Crippen MR) is 300 cm³/mol. The van der Waals surface area contributed by atoms with E-state index in [-0.39, 0.29) is 0 Å². The number of aryl methyl sites for hydroxylation is 3. The SMILES string of the molecule is CCCCCCCCCc1ccc(P(O)(O)(O)c2cccc(CCCCCCCCC)c2CCCCCCCCC)c(-c2cccc(CCCCCCCCC)c2CCCCCCCCC)c1. The van der Waals surface area contributed by atoms with E-state index in [1.54, 1.807) is 0 Å². The number of benzene rings is 3. The van der Waals surface area contributed by atoms with Gasteiger partial charge in [-0.15, -0.1) is 0 Å². The van der Waals surface area contributed by atoms with Crippen LogP contribution in [0, 0.1) is 0 Å². The van der Waals surface area contributed by atoms with Crippen LogP contribution in [0.2, 0.25) is 0 Å². The maximum atomic E-state index is 13.2. The second kappa shape index (κ2) is 36.0. The first-order chi connectivity index (χ1) is 32.7. The fourth-order valence-corrected chi connectivity index (χ4v) is 13.1. The van der Waals surface area contributed by atoms with Crippen molar-refractivity contribution in [3.8, 4) is 11.1 Å². The Bertz CT molecular complexity index is 1690. The van der Waals surface area contributed by atoms with Crippen molar-refractivity contribution in [1.29, 1.82) is 0 Å². The molecule has 67 heavy (non-hydrogen) atoms. The second-order valence-electron chi connectivity index (χ2n) is 21.0. The van der Waals surface area contributed by atoms with Gasteiger partial charge in [0.2, 0.25) is 0 Å². The van der Waals surface area contributed by atoms with Gasteiger partial charge >= 0.3 is 390 Å². The van der Waals surface area contributed by atoms with Crippen molar-refractivity contribution in [2.24, 2.45) is 0 Å². The molecule has 0 unspecified atom stereocenters. The van der Waals surface area contributed by atoms with E-state index in [0.717, 1.165) is 80.9 Å². The molecule has 382 valence electrons. The van der Waals surface area contributed by atoms with Gasteiger partial charge in [0.25, 0.3) is 0 Å². The summed E-state index contributed by atoms with van der Waals surface area (Å²) in [5.74, 6) is 0. The van der Waals surface area contributed by atoms with Gasteiger partial charge in [-0.05, 0) is 0 Å². The van der Waals surface area contributed by atoms with Crippen LogP contribution >= 0.6 is 7.28 Å². The van der Waals surface area contributed by atoms with Crippen molar-refractivity contribution in [1.82, 2.24) is 0 Å². The van der Waals surface area contributed by atoms with Crippen LogP contribution in [0.4, 0.5) is 0 Å². The van der Waals surface area contributed by atoms with Crippen LogP contribution in [0.5, 0.6) is 0 Å². The van der Waals surface area contributed by atoms with Gasteiger partial charge in [-0.1, -0.05) is 27.2 Å². The summed E-state index contributed by atoms with van der Waals surface area (Å²) in [6.07, 6.45) is 48.4. The minimum atomic E-state index is -5.66. The summed E-state index contributed by atoms with van der Waals surface area (Å²) in [4.78, 5) is 39.5. The molecule has 0 aliphatic rings. The summed E-state index contributed by atoms with van der Waals surface area (Å²) in [6, 6.07) is 19.2. The van der Waals surface area contributed by atoms with Gasteiger partial charge in [0.1, 0.15) is 0 Å². The van der Waals surface area contributed by atoms with E-state index in [9.17, 15) is 14.7 Å². The summed E-state index contributed by atoms with van der Waals surface area (Å²) in [5, 5.41) is 0.712. The standard InChI is InChI=1S/C63H107O3P/c1-6-11-16-21-26-31-36-43-55-52-53-63(61(54-55)60-50-41-46-56(44-37-32-27-22-17-12-7-2)58(60)48-39-34-29-24-19-14-9-4)67(64,65,66)62-51-42-47-57(45-38-33-28-23-18-13-8-3)59(62)49-40-35-30-25-20-15-10-5/h41-42,46-47,50-54,64-66H,6-40,43-45,48-49H2,1-5H3. The molecule has 3 rings (SSSR count). The third kappa shape index (κ3) is 22.7. The molecule has 0 aliphatic carbocycles. The van der Waals surface area contributed by atoms with E-state index < -0.39 is 7.28 Å². The van der Waals surface area contributed by atoms with Crippen LogP contribution in [0.15, 0.2) is 54.6 Å². The second-order valence-corrected chi connectivity index (χ2v) is 24.0. The topological polar surface area (TPSA) is 60.7 Å². The Balaban J connectivity index is 2.13. The summed E-state index contributed by atoms with van der Waals surface area (Å²) < 4.78 is 0. The van der Waals surface area contributed by atoms with Crippen molar-refractivity contribution in [3.05, 3.63) is 82.4 Å². The average molecular weight is 944 g/mol. The molecular weight excluding hydrogens is 836 g/mol. The van der Waals surface area contributed by atoms with E-state index >= 15 is 0 Å². The molecule has 0 fully saturated rings. The normalized spacial score (nSPS) is 12.5. The number of unbranched alkanes of at least 4 members (excludes halogenated alkanes) is 30. The summed E-state index contributed by atoms with van der Waals surface area (Å²) in [7, 11) is -5.66. The Morgan fingerprint density at radius 3 is 1.07 bits per heavy atom. The summed E-state index contributed by atoms with van der Waals surface area (Å²) >= 11 is 0. The van der Waals surface area contributed by atoms with Crippen molar-refractivity contribution in [2.45, 2.75) is 291 Å². The molecule has 3 N–H and O–H groups in total. The van der Waals surface area contributed by atoms with Gasteiger partial charge in [-0.2, -0.15) is 0 Å². The first kappa shape index (κ1) is 59.3. The van der Waals surface area contributed by atoms with Crippen molar-refractivity contribution < 1.29 is 14.7 Å². The molecule has 0 bridgehead atoms. The number of hydrogen-bond donors (Lipinski definition) is 3. The van der Waals surface area contributed by atoms with E-state index in [1.807, 2.05) is 18.2 Å². The summed E-state index contributed by atoms with van der Waals surface area (Å²) in [5.41, 5.74) is 8.11. The maximum absolute atomic E-state index is 13.2. The van der Waals surface area contributed by atoms with Crippen molar-refractivity contribution in [2.75, 3.05) is 0 Å². The zero-order chi connectivity index (χ0) is 48.3. The average Bonchev–Trinajstić information content (AvgIpc) is 3.32. The molecule has 0 atom stereocenters. The molecule has 0 radical (unpaired) electrons. The van der Waals surface area contributed by atoms with Gasteiger partial charge in [-0.25, -0.2) is 0 Å². The zero-order valence-electron chi connectivity index (χ0n) is 44.8. The molecule has 0 aromatic heterocycles. The molecule has 4 heteroatoms. The molecule has 3 aromatic carbocycles. The number of hydrogen-bond acceptors (Lipinski definition) is 3. The molecule has 0 heterocycles. The minimum absolute atomic E-state index is 0.331. The van der Waals surface area contributed by atoms with Crippen molar-refractivity contribution in [3.63, 3.8) is 0 Å². The van der Waals surface area contributed by atoms with E-state index in [1.165, 1.54) is 215 Å². The van der Waals surface area contributed by atoms with Crippen LogP contribution in [0.25, 0.3) is 11.1 Å². The Hall–Kier alpha value is -2.03. The van der Waals surface area contributed by atoms with Gasteiger partial charge in [0.05, 0.1) is 0 Å². The molecule has 0 saturated carbocycles. The van der Waals surface area contributed by atoms with Crippen LogP contribution < -0.4 is 10.6 Å². The third-order valence-corrected chi connectivity index (χ3v) is 17.6. The molecular formula is C63H107O3P. The Morgan fingerprint density at radius 1 is 0.299 bits per heavy atom. The van der Waals surface area contributed by atoms with Crippen LogP contribution in [0.3, 0.4) is 0 Å². The van der Waals surface area contributed by atoms with E-state index in [0.29, 0.717) is 10.6 Å². The van der Waals surface area contributed by atoms with Crippen LogP contribution in [-0.2, 0) is 32.1 Å². The monoisotopic (exact) mass is 943 g/mol. The zero-order valence-corrected chi connectivity index (χ0v) is 45.7. The van der Waals surface area contributed by atoms with Gasteiger partial charge in [-0.3, -0.25) is 0 Å². The van der Waals surface area contributed by atoms with Gasteiger partial charge < -0.3 is 0 Å². The first-order valence-electron chi connectivity index (χ1n) is 29.3. The molecule has 0 saturated heterocycles. The number of rotatable bonds is 43. The summed E-state index contributed by atoms with van der Waals surface area (Å²) in [6.45, 7) is 11.4. The molecule has 0 amide bonds. The van der Waals surface area contributed by atoms with E-state index in [4.69, 9.17) is 0 Å². The van der Waals surface area contributed by atoms with E-state index in [2.05, 4.69) is 71.0 Å². The fraction of sp³-hybridized carbons (Fsp3) is 0.714. The molecule has 3 aromatic rings. The predicted octanol–water partition coefficient (Wildman–Crippen LogP) is 19.0. The Morgan fingerprint density at radius 2 is 0.642 bits per heavy atom. The third-order valence-electron chi connectivity index (χ3n) is 15.0. The quantitative estimate of drug-likeness (QED) is 0.0391. The van der Waals surface area contributed by atoms with Crippen LogP contribution in [0.1, 0.15) is 287 Å². The molecule has 3 nitrogen and oxygen atoms in total. The van der Waals surface area contributed by atoms with Gasteiger partial charge in [0, 0.05) is 0 Å². The first-order valence-corrected chi connectivity index (χ1v) is 31.4. The fourth-order valence-electron chi connectivity index (χ4n) is 10.7. The Labute approximate surface area is 415 Å².